The molecule has 0 spiro atoms. The molecular weight excluding hydrogens is 256 g/mol. The van der Waals surface area contributed by atoms with Crippen LogP contribution in [0.4, 0.5) is 4.79 Å². The summed E-state index contributed by atoms with van der Waals surface area (Å²) in [5.41, 5.74) is -0.509. The molecule has 0 aromatic rings. The van der Waals surface area contributed by atoms with E-state index in [0.717, 1.165) is 51.6 Å². The first kappa shape index (κ1) is 15.1. The molecule has 0 radical (unpaired) electrons. The monoisotopic (exact) mass is 282 g/mol. The molecule has 5 nitrogen and oxygen atoms in total. The maximum absolute atomic E-state index is 12.4. The highest BCUT2D eigenvalue weighted by Crippen LogP contribution is 2.33. The number of carbonyl (C=O) groups excluding carboxylic acids is 1. The van der Waals surface area contributed by atoms with Gasteiger partial charge in [-0.2, -0.15) is 0 Å². The van der Waals surface area contributed by atoms with Crippen LogP contribution in [0.1, 0.15) is 64.2 Å². The summed E-state index contributed by atoms with van der Waals surface area (Å²) < 4.78 is 0. The zero-order valence-electron chi connectivity index (χ0n) is 12.2. The van der Waals surface area contributed by atoms with Crippen LogP contribution < -0.4 is 5.32 Å². The Kier molecular flexibility index (Phi) is 5.26. The van der Waals surface area contributed by atoms with E-state index in [1.54, 1.807) is 0 Å². The lowest BCUT2D eigenvalue weighted by Gasteiger charge is -2.33. The van der Waals surface area contributed by atoms with Crippen LogP contribution in [0.15, 0.2) is 0 Å². The number of carboxylic acids is 1. The van der Waals surface area contributed by atoms with Crippen molar-refractivity contribution < 1.29 is 14.7 Å². The molecule has 1 saturated carbocycles. The van der Waals surface area contributed by atoms with Gasteiger partial charge in [-0.3, -0.25) is 4.79 Å². The average molecular weight is 282 g/mol. The minimum Gasteiger partial charge on any atom is -0.481 e. The first-order valence-electron chi connectivity index (χ1n) is 7.90. The predicted molar refractivity (Wildman–Crippen MR) is 76.6 cm³/mol. The van der Waals surface area contributed by atoms with Crippen molar-refractivity contribution in [3.8, 4) is 0 Å². The van der Waals surface area contributed by atoms with Gasteiger partial charge in [-0.05, 0) is 25.7 Å². The number of aliphatic carboxylic acids is 1. The summed E-state index contributed by atoms with van der Waals surface area (Å²) in [6.45, 7) is 1.60. The minimum absolute atomic E-state index is 0.0482. The highest BCUT2D eigenvalue weighted by Gasteiger charge is 2.38. The highest BCUT2D eigenvalue weighted by atomic mass is 16.4. The molecule has 1 aliphatic heterocycles. The zero-order chi connectivity index (χ0) is 14.4. The molecule has 0 unspecified atom stereocenters. The van der Waals surface area contributed by atoms with Crippen molar-refractivity contribution in [3.05, 3.63) is 0 Å². The van der Waals surface area contributed by atoms with E-state index in [1.165, 1.54) is 19.3 Å². The van der Waals surface area contributed by atoms with Gasteiger partial charge in [0.2, 0.25) is 0 Å². The Morgan fingerprint density at radius 2 is 1.50 bits per heavy atom. The summed E-state index contributed by atoms with van der Waals surface area (Å²) in [6, 6.07) is -0.0601. The Balaban J connectivity index is 1.94. The number of likely N-dealkylation sites (tertiary alicyclic amines) is 1. The summed E-state index contributed by atoms with van der Waals surface area (Å²) in [7, 11) is 0. The fraction of sp³-hybridized carbons (Fsp3) is 0.867. The van der Waals surface area contributed by atoms with Crippen molar-refractivity contribution in [3.63, 3.8) is 0 Å². The van der Waals surface area contributed by atoms with E-state index < -0.39 is 11.5 Å². The van der Waals surface area contributed by atoms with Gasteiger partial charge in [-0.25, -0.2) is 4.79 Å². The molecule has 5 heteroatoms. The van der Waals surface area contributed by atoms with Crippen molar-refractivity contribution in [2.75, 3.05) is 13.1 Å². The predicted octanol–water partition coefficient (Wildman–Crippen LogP) is 2.75. The zero-order valence-corrected chi connectivity index (χ0v) is 12.2. The van der Waals surface area contributed by atoms with Crippen molar-refractivity contribution in [2.24, 2.45) is 0 Å². The third-order valence-corrected chi connectivity index (χ3v) is 4.57. The van der Waals surface area contributed by atoms with Crippen molar-refractivity contribution in [1.82, 2.24) is 10.2 Å². The molecule has 0 atom stereocenters. The van der Waals surface area contributed by atoms with Gasteiger partial charge in [0.1, 0.15) is 0 Å². The van der Waals surface area contributed by atoms with Crippen LogP contribution in [0.2, 0.25) is 0 Å². The fourth-order valence-electron chi connectivity index (χ4n) is 3.44. The molecule has 1 aliphatic carbocycles. The maximum atomic E-state index is 12.4. The number of amides is 2. The molecule has 2 N–H and O–H groups in total. The third-order valence-electron chi connectivity index (χ3n) is 4.57. The lowest BCUT2D eigenvalue weighted by Crippen LogP contribution is -2.53. The SMILES string of the molecule is O=C(O)CC1(NC(=O)N2CCCCCCC2)CCCC1. The van der Waals surface area contributed by atoms with E-state index in [1.807, 2.05) is 4.90 Å². The van der Waals surface area contributed by atoms with Gasteiger partial charge in [0, 0.05) is 13.1 Å². The number of carboxylic acid groups (broad SMARTS) is 1. The molecule has 1 saturated heterocycles. The van der Waals surface area contributed by atoms with Crippen LogP contribution in [0.5, 0.6) is 0 Å². The number of nitrogens with zero attached hydrogens (tertiary/aromatic N) is 1. The van der Waals surface area contributed by atoms with Crippen LogP contribution >= 0.6 is 0 Å². The molecule has 2 fully saturated rings. The lowest BCUT2D eigenvalue weighted by molar-refractivity contribution is -0.138. The quantitative estimate of drug-likeness (QED) is 0.836. The summed E-state index contributed by atoms with van der Waals surface area (Å²) in [5.74, 6) is -0.820. The van der Waals surface area contributed by atoms with Gasteiger partial charge in [0.25, 0.3) is 0 Å². The van der Waals surface area contributed by atoms with E-state index in [9.17, 15) is 9.59 Å². The Bertz CT molecular complexity index is 343. The molecule has 1 heterocycles. The van der Waals surface area contributed by atoms with Crippen LogP contribution in [-0.2, 0) is 4.79 Å². The molecule has 20 heavy (non-hydrogen) atoms. The number of urea groups is 1. The molecule has 2 rings (SSSR count). The molecule has 0 aromatic heterocycles. The second kappa shape index (κ2) is 6.95. The Morgan fingerprint density at radius 1 is 0.950 bits per heavy atom. The smallest absolute Gasteiger partial charge is 0.317 e. The molecule has 114 valence electrons. The Hall–Kier alpha value is -1.26. The first-order valence-corrected chi connectivity index (χ1v) is 7.90. The second-order valence-electron chi connectivity index (χ2n) is 6.24. The topological polar surface area (TPSA) is 69.6 Å². The van der Waals surface area contributed by atoms with Gasteiger partial charge in [-0.15, -0.1) is 0 Å². The highest BCUT2D eigenvalue weighted by molar-refractivity contribution is 5.77. The van der Waals surface area contributed by atoms with E-state index >= 15 is 0 Å². The Labute approximate surface area is 120 Å². The third kappa shape index (κ3) is 4.12. The summed E-state index contributed by atoms with van der Waals surface area (Å²) >= 11 is 0. The van der Waals surface area contributed by atoms with Gasteiger partial charge in [-0.1, -0.05) is 32.1 Å². The molecular formula is C15H26N2O3. The summed E-state index contributed by atoms with van der Waals surface area (Å²) in [4.78, 5) is 25.4. The van der Waals surface area contributed by atoms with E-state index in [2.05, 4.69) is 5.32 Å². The number of rotatable bonds is 3. The van der Waals surface area contributed by atoms with Crippen LogP contribution in [0.3, 0.4) is 0 Å². The number of hydrogen-bond donors (Lipinski definition) is 2. The van der Waals surface area contributed by atoms with E-state index in [0.29, 0.717) is 0 Å². The average Bonchev–Trinajstić information content (AvgIpc) is 2.75. The van der Waals surface area contributed by atoms with Crippen LogP contribution in [-0.4, -0.2) is 40.6 Å². The normalized spacial score (nSPS) is 22.9. The van der Waals surface area contributed by atoms with E-state index in [-0.39, 0.29) is 12.5 Å². The van der Waals surface area contributed by atoms with Crippen LogP contribution in [0, 0.1) is 0 Å². The lowest BCUT2D eigenvalue weighted by atomic mass is 9.93. The molecule has 0 bridgehead atoms. The van der Waals surface area contributed by atoms with Gasteiger partial charge < -0.3 is 15.3 Å². The Morgan fingerprint density at radius 3 is 2.05 bits per heavy atom. The second-order valence-corrected chi connectivity index (χ2v) is 6.24. The van der Waals surface area contributed by atoms with Crippen molar-refractivity contribution >= 4 is 12.0 Å². The minimum atomic E-state index is -0.820. The van der Waals surface area contributed by atoms with Gasteiger partial charge >= 0.3 is 12.0 Å². The summed E-state index contributed by atoms with van der Waals surface area (Å²) in [6.07, 6.45) is 9.39. The first-order chi connectivity index (χ1) is 9.61. The maximum Gasteiger partial charge on any atom is 0.317 e. The number of hydrogen-bond acceptors (Lipinski definition) is 2. The fourth-order valence-corrected chi connectivity index (χ4v) is 3.44. The van der Waals surface area contributed by atoms with Crippen molar-refractivity contribution in [1.29, 1.82) is 0 Å². The molecule has 0 aromatic carbocycles. The molecule has 2 amide bonds. The van der Waals surface area contributed by atoms with Crippen LogP contribution in [0.25, 0.3) is 0 Å². The largest absolute Gasteiger partial charge is 0.481 e. The van der Waals surface area contributed by atoms with Gasteiger partial charge in [0.15, 0.2) is 0 Å². The number of carbonyl (C=O) groups is 2. The summed E-state index contributed by atoms with van der Waals surface area (Å²) in [5, 5.41) is 12.1. The number of nitrogens with one attached hydrogen (secondary N) is 1. The van der Waals surface area contributed by atoms with Crippen molar-refractivity contribution in [2.45, 2.75) is 69.7 Å². The molecule has 2 aliphatic rings. The van der Waals surface area contributed by atoms with E-state index in [4.69, 9.17) is 5.11 Å². The van der Waals surface area contributed by atoms with Gasteiger partial charge in [0.05, 0.1) is 12.0 Å². The standard InChI is InChI=1S/C15H26N2O3/c18-13(19)12-15(8-4-5-9-15)16-14(20)17-10-6-2-1-3-7-11-17/h1-12H2,(H,16,20)(H,18,19).